The number of hydrogen-bond acceptors (Lipinski definition) is 3. The first kappa shape index (κ1) is 10.9. The molecule has 0 aliphatic rings. The number of aromatic nitrogens is 3. The zero-order chi connectivity index (χ0) is 12.7. The topological polar surface area (TPSA) is 90.7 Å². The molecule has 2 aromatic heterocycles. The van der Waals surface area contributed by atoms with Crippen molar-refractivity contribution in [1.82, 2.24) is 15.0 Å². The van der Waals surface area contributed by atoms with E-state index >= 15 is 0 Å². The first-order chi connectivity index (χ1) is 8.65. The lowest BCUT2D eigenvalue weighted by atomic mass is 10.1. The van der Waals surface area contributed by atoms with Gasteiger partial charge in [-0.3, -0.25) is 0 Å². The van der Waals surface area contributed by atoms with Crippen LogP contribution < -0.4 is 5.73 Å². The lowest BCUT2D eigenvalue weighted by Crippen LogP contribution is -2.04. The van der Waals surface area contributed by atoms with Gasteiger partial charge in [0, 0.05) is 28.7 Å². The van der Waals surface area contributed by atoms with Crippen molar-refractivity contribution in [2.45, 2.75) is 13.0 Å². The molecule has 5 N–H and O–H groups in total. The maximum absolute atomic E-state index is 9.55. The van der Waals surface area contributed by atoms with E-state index in [-0.39, 0.29) is 11.8 Å². The van der Waals surface area contributed by atoms with Gasteiger partial charge in [-0.1, -0.05) is 0 Å². The number of nitrogens with zero attached hydrogens (tertiary/aromatic N) is 1. The van der Waals surface area contributed by atoms with Gasteiger partial charge >= 0.3 is 0 Å². The average Bonchev–Trinajstić information content (AvgIpc) is 2.93. The minimum absolute atomic E-state index is 0.0788. The van der Waals surface area contributed by atoms with Gasteiger partial charge < -0.3 is 20.8 Å². The summed E-state index contributed by atoms with van der Waals surface area (Å²) in [5, 5.41) is 10.5. The van der Waals surface area contributed by atoms with Crippen molar-refractivity contribution in [2.75, 3.05) is 0 Å². The van der Waals surface area contributed by atoms with E-state index in [0.717, 1.165) is 28.0 Å². The molecule has 0 saturated heterocycles. The fourth-order valence-electron chi connectivity index (χ4n) is 2.01. The lowest BCUT2D eigenvalue weighted by molar-refractivity contribution is 0.476. The first-order valence-corrected chi connectivity index (χ1v) is 5.76. The SMILES string of the molecule is C[C@H](N)c1cnc(-c2c[nH]c3ccc(O)cc23)[nH]1. The van der Waals surface area contributed by atoms with Crippen LogP contribution >= 0.6 is 0 Å². The van der Waals surface area contributed by atoms with Crippen molar-refractivity contribution in [3.63, 3.8) is 0 Å². The molecule has 0 saturated carbocycles. The van der Waals surface area contributed by atoms with Crippen LogP contribution in [0.2, 0.25) is 0 Å². The zero-order valence-electron chi connectivity index (χ0n) is 9.94. The molecule has 0 radical (unpaired) electrons. The molecule has 0 spiro atoms. The number of aromatic hydroxyl groups is 1. The Kier molecular flexibility index (Phi) is 2.34. The van der Waals surface area contributed by atoms with Crippen LogP contribution in [0.25, 0.3) is 22.3 Å². The van der Waals surface area contributed by atoms with Gasteiger partial charge in [-0.2, -0.15) is 0 Å². The fourth-order valence-corrected chi connectivity index (χ4v) is 2.01. The molecule has 0 amide bonds. The van der Waals surface area contributed by atoms with E-state index in [1.54, 1.807) is 18.3 Å². The monoisotopic (exact) mass is 242 g/mol. The molecule has 18 heavy (non-hydrogen) atoms. The normalized spacial score (nSPS) is 13.0. The Bertz CT molecular complexity index is 696. The molecule has 0 bridgehead atoms. The van der Waals surface area contributed by atoms with Gasteiger partial charge in [0.2, 0.25) is 0 Å². The quantitative estimate of drug-likeness (QED) is 0.555. The number of aromatic amines is 2. The van der Waals surface area contributed by atoms with Gasteiger partial charge in [-0.05, 0) is 25.1 Å². The summed E-state index contributed by atoms with van der Waals surface area (Å²) in [5.41, 5.74) is 8.57. The van der Waals surface area contributed by atoms with E-state index in [2.05, 4.69) is 15.0 Å². The predicted octanol–water partition coefficient (Wildman–Crippen LogP) is 2.28. The van der Waals surface area contributed by atoms with Gasteiger partial charge in [-0.25, -0.2) is 4.98 Å². The summed E-state index contributed by atoms with van der Waals surface area (Å²) in [6, 6.07) is 5.13. The number of imidazole rings is 1. The second kappa shape index (κ2) is 3.89. The number of phenolic OH excluding ortho intramolecular Hbond substituents is 1. The van der Waals surface area contributed by atoms with Crippen molar-refractivity contribution in [3.05, 3.63) is 36.3 Å². The molecule has 0 aliphatic heterocycles. The van der Waals surface area contributed by atoms with Crippen LogP contribution in [0.5, 0.6) is 5.75 Å². The van der Waals surface area contributed by atoms with E-state index in [4.69, 9.17) is 5.73 Å². The molecular formula is C13H14N4O. The number of benzene rings is 1. The molecule has 0 unspecified atom stereocenters. The van der Waals surface area contributed by atoms with Crippen LogP contribution in [0.1, 0.15) is 18.7 Å². The van der Waals surface area contributed by atoms with Crippen molar-refractivity contribution in [1.29, 1.82) is 0 Å². The highest BCUT2D eigenvalue weighted by Gasteiger charge is 2.11. The highest BCUT2D eigenvalue weighted by atomic mass is 16.3. The van der Waals surface area contributed by atoms with Crippen molar-refractivity contribution in [3.8, 4) is 17.1 Å². The molecule has 2 heterocycles. The predicted molar refractivity (Wildman–Crippen MR) is 70.1 cm³/mol. The van der Waals surface area contributed by atoms with E-state index in [9.17, 15) is 5.11 Å². The standard InChI is InChI=1S/C13H14N4O/c1-7(14)12-6-16-13(17-12)10-5-15-11-3-2-8(18)4-9(10)11/h2-7,15,18H,14H2,1H3,(H,16,17)/t7-/m0/s1. The van der Waals surface area contributed by atoms with E-state index in [1.807, 2.05) is 19.2 Å². The number of phenols is 1. The third-order valence-corrected chi connectivity index (χ3v) is 3.01. The Labute approximate surface area is 104 Å². The highest BCUT2D eigenvalue weighted by molar-refractivity contribution is 5.94. The first-order valence-electron chi connectivity index (χ1n) is 5.76. The Morgan fingerprint density at radius 1 is 1.39 bits per heavy atom. The molecule has 3 rings (SSSR count). The van der Waals surface area contributed by atoms with E-state index in [0.29, 0.717) is 0 Å². The second-order valence-electron chi connectivity index (χ2n) is 4.41. The molecule has 1 atom stereocenters. The number of nitrogens with two attached hydrogens (primary N) is 1. The molecule has 5 heteroatoms. The molecular weight excluding hydrogens is 228 g/mol. The molecule has 1 aromatic carbocycles. The minimum Gasteiger partial charge on any atom is -0.508 e. The molecule has 3 aromatic rings. The van der Waals surface area contributed by atoms with Crippen molar-refractivity contribution in [2.24, 2.45) is 5.73 Å². The summed E-state index contributed by atoms with van der Waals surface area (Å²) < 4.78 is 0. The summed E-state index contributed by atoms with van der Waals surface area (Å²) >= 11 is 0. The Morgan fingerprint density at radius 3 is 2.94 bits per heavy atom. The Balaban J connectivity index is 2.15. The largest absolute Gasteiger partial charge is 0.508 e. The Hall–Kier alpha value is -2.27. The second-order valence-corrected chi connectivity index (χ2v) is 4.41. The number of fused-ring (bicyclic) bond motifs is 1. The average molecular weight is 242 g/mol. The van der Waals surface area contributed by atoms with Gasteiger partial charge in [-0.15, -0.1) is 0 Å². The van der Waals surface area contributed by atoms with Crippen LogP contribution in [0, 0.1) is 0 Å². The highest BCUT2D eigenvalue weighted by Crippen LogP contribution is 2.29. The van der Waals surface area contributed by atoms with Gasteiger partial charge in [0.05, 0.1) is 11.9 Å². The van der Waals surface area contributed by atoms with Crippen molar-refractivity contribution >= 4 is 10.9 Å². The maximum atomic E-state index is 9.55. The molecule has 92 valence electrons. The summed E-state index contributed by atoms with van der Waals surface area (Å²) in [6.07, 6.45) is 3.61. The zero-order valence-corrected chi connectivity index (χ0v) is 9.94. The smallest absolute Gasteiger partial charge is 0.139 e. The summed E-state index contributed by atoms with van der Waals surface area (Å²) in [7, 11) is 0. The summed E-state index contributed by atoms with van der Waals surface area (Å²) in [6.45, 7) is 1.90. The van der Waals surface area contributed by atoms with Gasteiger partial charge in [0.1, 0.15) is 11.6 Å². The fraction of sp³-hybridized carbons (Fsp3) is 0.154. The molecule has 5 nitrogen and oxygen atoms in total. The number of hydrogen-bond donors (Lipinski definition) is 4. The Morgan fingerprint density at radius 2 is 2.22 bits per heavy atom. The van der Waals surface area contributed by atoms with Gasteiger partial charge in [0.15, 0.2) is 0 Å². The molecule has 0 fully saturated rings. The minimum atomic E-state index is -0.0788. The number of nitrogens with one attached hydrogen (secondary N) is 2. The number of rotatable bonds is 2. The van der Waals surface area contributed by atoms with Crippen LogP contribution in [-0.2, 0) is 0 Å². The summed E-state index contributed by atoms with van der Waals surface area (Å²) in [5.74, 6) is 0.987. The molecule has 0 aliphatic carbocycles. The third kappa shape index (κ3) is 1.65. The van der Waals surface area contributed by atoms with Crippen molar-refractivity contribution < 1.29 is 5.11 Å². The van der Waals surface area contributed by atoms with Gasteiger partial charge in [0.25, 0.3) is 0 Å². The maximum Gasteiger partial charge on any atom is 0.139 e. The lowest BCUT2D eigenvalue weighted by Gasteiger charge is -1.99. The van der Waals surface area contributed by atoms with Crippen LogP contribution in [0.4, 0.5) is 0 Å². The van der Waals surface area contributed by atoms with Crippen LogP contribution in [-0.4, -0.2) is 20.1 Å². The van der Waals surface area contributed by atoms with Crippen LogP contribution in [0.15, 0.2) is 30.6 Å². The van der Waals surface area contributed by atoms with Crippen LogP contribution in [0.3, 0.4) is 0 Å². The summed E-state index contributed by atoms with van der Waals surface area (Å²) in [4.78, 5) is 10.7. The van der Waals surface area contributed by atoms with E-state index < -0.39 is 0 Å². The number of H-pyrrole nitrogens is 2. The van der Waals surface area contributed by atoms with E-state index in [1.165, 1.54) is 0 Å². The third-order valence-electron chi connectivity index (χ3n) is 3.01.